The van der Waals surface area contributed by atoms with E-state index in [1.54, 1.807) is 12.1 Å². The van der Waals surface area contributed by atoms with Crippen molar-refractivity contribution in [2.24, 2.45) is 5.73 Å². The first kappa shape index (κ1) is 13.9. The van der Waals surface area contributed by atoms with Crippen LogP contribution in [0.3, 0.4) is 0 Å². The van der Waals surface area contributed by atoms with Gasteiger partial charge in [-0.25, -0.2) is 0 Å². The van der Waals surface area contributed by atoms with E-state index >= 15 is 0 Å². The van der Waals surface area contributed by atoms with Crippen molar-refractivity contribution in [3.63, 3.8) is 0 Å². The molecule has 1 aromatic carbocycles. The molecular weight excluding hydrogens is 246 g/mol. The molecule has 6 heteroatoms. The summed E-state index contributed by atoms with van der Waals surface area (Å²) in [7, 11) is 0. The molecule has 1 aromatic rings. The molecule has 104 valence electrons. The molecule has 0 amide bonds. The van der Waals surface area contributed by atoms with Crippen LogP contribution in [-0.2, 0) is 11.2 Å². The van der Waals surface area contributed by atoms with E-state index in [0.717, 1.165) is 18.7 Å². The van der Waals surface area contributed by atoms with Crippen LogP contribution < -0.4 is 5.73 Å². The Morgan fingerprint density at radius 1 is 1.47 bits per heavy atom. The predicted octanol–water partition coefficient (Wildman–Crippen LogP) is 1.14. The summed E-state index contributed by atoms with van der Waals surface area (Å²) < 4.78 is 5.31. The molecule has 2 N–H and O–H groups in total. The number of hydrogen-bond donors (Lipinski definition) is 1. The second kappa shape index (κ2) is 5.64. The van der Waals surface area contributed by atoms with E-state index in [-0.39, 0.29) is 10.6 Å². The molecule has 2 rings (SSSR count). The highest BCUT2D eigenvalue weighted by atomic mass is 16.6. The summed E-state index contributed by atoms with van der Waals surface area (Å²) in [5, 5.41) is 10.8. The van der Waals surface area contributed by atoms with Crippen LogP contribution in [0.5, 0.6) is 0 Å². The summed E-state index contributed by atoms with van der Waals surface area (Å²) >= 11 is 0. The van der Waals surface area contributed by atoms with Crippen LogP contribution in [0.2, 0.25) is 0 Å². The average molecular weight is 265 g/mol. The average Bonchev–Trinajstić information content (AvgIpc) is 2.39. The monoisotopic (exact) mass is 265 g/mol. The van der Waals surface area contributed by atoms with Crippen molar-refractivity contribution in [3.8, 4) is 0 Å². The fourth-order valence-electron chi connectivity index (χ4n) is 2.38. The lowest BCUT2D eigenvalue weighted by Gasteiger charge is -2.40. The minimum absolute atomic E-state index is 0.107. The summed E-state index contributed by atoms with van der Waals surface area (Å²) in [6.45, 7) is 4.91. The van der Waals surface area contributed by atoms with Gasteiger partial charge in [0.2, 0.25) is 0 Å². The Hall–Kier alpha value is -1.50. The molecule has 1 aliphatic heterocycles. The van der Waals surface area contributed by atoms with Gasteiger partial charge in [-0.2, -0.15) is 0 Å². The number of non-ortho nitro benzene ring substituents is 1. The zero-order valence-electron chi connectivity index (χ0n) is 11.0. The van der Waals surface area contributed by atoms with Crippen molar-refractivity contribution in [1.82, 2.24) is 4.90 Å². The van der Waals surface area contributed by atoms with Crippen molar-refractivity contribution >= 4 is 5.69 Å². The van der Waals surface area contributed by atoms with Crippen molar-refractivity contribution < 1.29 is 9.66 Å². The van der Waals surface area contributed by atoms with Gasteiger partial charge in [0.15, 0.2) is 0 Å². The Bertz CT molecular complexity index is 456. The summed E-state index contributed by atoms with van der Waals surface area (Å²) in [5.74, 6) is 0. The maximum atomic E-state index is 10.8. The predicted molar refractivity (Wildman–Crippen MR) is 71.8 cm³/mol. The number of nitrogens with two attached hydrogens (primary N) is 1. The Morgan fingerprint density at radius 3 is 2.79 bits per heavy atom. The molecule has 0 aliphatic carbocycles. The molecule has 1 fully saturated rings. The third-order valence-electron chi connectivity index (χ3n) is 3.42. The second-order valence-electron chi connectivity index (χ2n) is 5.06. The number of rotatable bonds is 4. The lowest BCUT2D eigenvalue weighted by Crippen LogP contribution is -2.58. The Kier molecular flexibility index (Phi) is 4.14. The molecule has 0 radical (unpaired) electrons. The lowest BCUT2D eigenvalue weighted by atomic mass is 9.99. The van der Waals surface area contributed by atoms with Crippen LogP contribution in [0.25, 0.3) is 0 Å². The summed E-state index contributed by atoms with van der Waals surface area (Å²) in [4.78, 5) is 12.5. The number of hydrogen-bond acceptors (Lipinski definition) is 5. The van der Waals surface area contributed by atoms with Crippen LogP contribution in [0, 0.1) is 10.1 Å². The lowest BCUT2D eigenvalue weighted by molar-refractivity contribution is -0.384. The maximum absolute atomic E-state index is 10.8. The van der Waals surface area contributed by atoms with Gasteiger partial charge in [-0.3, -0.25) is 15.0 Å². The van der Waals surface area contributed by atoms with Gasteiger partial charge in [0.25, 0.3) is 5.69 Å². The van der Waals surface area contributed by atoms with Gasteiger partial charge >= 0.3 is 0 Å². The maximum Gasteiger partial charge on any atom is 0.269 e. The smallest absolute Gasteiger partial charge is 0.269 e. The molecule has 0 bridgehead atoms. The molecule has 1 atom stereocenters. The van der Waals surface area contributed by atoms with Gasteiger partial charge in [0, 0.05) is 31.6 Å². The molecule has 1 aliphatic rings. The highest BCUT2D eigenvalue weighted by Gasteiger charge is 2.29. The van der Waals surface area contributed by atoms with Gasteiger partial charge in [-0.15, -0.1) is 0 Å². The number of nitro benzene ring substituents is 1. The highest BCUT2D eigenvalue weighted by molar-refractivity contribution is 5.35. The van der Waals surface area contributed by atoms with E-state index in [4.69, 9.17) is 10.5 Å². The number of morpholine rings is 1. The number of nitrogens with zero attached hydrogens (tertiary/aromatic N) is 2. The molecular formula is C13H19N3O3. The van der Waals surface area contributed by atoms with Crippen molar-refractivity contribution in [2.45, 2.75) is 19.0 Å². The third kappa shape index (κ3) is 3.50. The molecule has 1 heterocycles. The molecule has 0 spiro atoms. The number of benzene rings is 1. The molecule has 1 unspecified atom stereocenters. The fourth-order valence-corrected chi connectivity index (χ4v) is 2.38. The zero-order valence-corrected chi connectivity index (χ0v) is 11.0. The van der Waals surface area contributed by atoms with Crippen LogP contribution >= 0.6 is 0 Å². The van der Waals surface area contributed by atoms with Gasteiger partial charge in [0.1, 0.15) is 0 Å². The van der Waals surface area contributed by atoms with Crippen molar-refractivity contribution in [2.75, 3.05) is 26.3 Å². The number of nitro groups is 1. The number of ether oxygens (including phenoxy) is 1. The quantitative estimate of drug-likeness (QED) is 0.652. The topological polar surface area (TPSA) is 81.6 Å². The Labute approximate surface area is 112 Å². The van der Waals surface area contributed by atoms with E-state index < -0.39 is 5.66 Å². The summed E-state index contributed by atoms with van der Waals surface area (Å²) in [5.41, 5.74) is 6.82. The van der Waals surface area contributed by atoms with Crippen LogP contribution in [0.1, 0.15) is 12.5 Å². The molecule has 0 aromatic heterocycles. The Balaban J connectivity index is 2.10. The van der Waals surface area contributed by atoms with Crippen LogP contribution in [0.15, 0.2) is 24.3 Å². The van der Waals surface area contributed by atoms with E-state index in [1.165, 1.54) is 6.07 Å². The SMILES string of the molecule is CC(N)(Cc1cccc([N+](=O)[O-])c1)N1CCOCC1. The second-order valence-corrected chi connectivity index (χ2v) is 5.06. The zero-order chi connectivity index (χ0) is 13.9. The van der Waals surface area contributed by atoms with Crippen LogP contribution in [0.4, 0.5) is 5.69 Å². The first-order valence-electron chi connectivity index (χ1n) is 6.34. The van der Waals surface area contributed by atoms with Gasteiger partial charge in [-0.1, -0.05) is 12.1 Å². The normalized spacial score (nSPS) is 19.9. The van der Waals surface area contributed by atoms with E-state index in [2.05, 4.69) is 4.90 Å². The van der Waals surface area contributed by atoms with Crippen molar-refractivity contribution in [3.05, 3.63) is 39.9 Å². The highest BCUT2D eigenvalue weighted by Crippen LogP contribution is 2.20. The fraction of sp³-hybridized carbons (Fsp3) is 0.538. The first-order chi connectivity index (χ1) is 8.99. The Morgan fingerprint density at radius 2 is 2.16 bits per heavy atom. The third-order valence-corrected chi connectivity index (χ3v) is 3.42. The largest absolute Gasteiger partial charge is 0.379 e. The van der Waals surface area contributed by atoms with Gasteiger partial charge in [-0.05, 0) is 12.5 Å². The minimum atomic E-state index is -0.515. The minimum Gasteiger partial charge on any atom is -0.379 e. The molecule has 1 saturated heterocycles. The summed E-state index contributed by atoms with van der Waals surface area (Å²) in [6, 6.07) is 6.65. The molecule has 6 nitrogen and oxygen atoms in total. The standard InChI is InChI=1S/C13H19N3O3/c1-13(14,15-5-7-19-8-6-15)10-11-3-2-4-12(9-11)16(17)18/h2-4,9H,5-8,10,14H2,1H3. The van der Waals surface area contributed by atoms with E-state index in [1.807, 2.05) is 13.0 Å². The van der Waals surface area contributed by atoms with E-state index in [0.29, 0.717) is 19.6 Å². The summed E-state index contributed by atoms with van der Waals surface area (Å²) in [6.07, 6.45) is 0.578. The van der Waals surface area contributed by atoms with Crippen LogP contribution in [-0.4, -0.2) is 41.8 Å². The van der Waals surface area contributed by atoms with Gasteiger partial charge in [0.05, 0.1) is 23.8 Å². The molecule has 0 saturated carbocycles. The first-order valence-corrected chi connectivity index (χ1v) is 6.34. The molecule has 19 heavy (non-hydrogen) atoms. The van der Waals surface area contributed by atoms with Gasteiger partial charge < -0.3 is 10.5 Å². The van der Waals surface area contributed by atoms with E-state index in [9.17, 15) is 10.1 Å². The van der Waals surface area contributed by atoms with Crippen molar-refractivity contribution in [1.29, 1.82) is 0 Å².